The van der Waals surface area contributed by atoms with Gasteiger partial charge in [0.1, 0.15) is 11.6 Å². The number of nitrogens with two attached hydrogens (primary N) is 1. The summed E-state index contributed by atoms with van der Waals surface area (Å²) in [6, 6.07) is 3.68. The Morgan fingerprint density at radius 3 is 2.89 bits per heavy atom. The molecule has 1 aromatic heterocycles. The van der Waals surface area contributed by atoms with Crippen molar-refractivity contribution in [2.24, 2.45) is 5.73 Å². The minimum absolute atomic E-state index is 0.528. The Morgan fingerprint density at radius 1 is 1.44 bits per heavy atom. The van der Waals surface area contributed by atoms with Crippen LogP contribution < -0.4 is 10.5 Å². The number of aromatic amines is 1. The van der Waals surface area contributed by atoms with Gasteiger partial charge in [0, 0.05) is 11.4 Å². The number of aryl methyl sites for hydroxylation is 1. The third-order valence-corrected chi connectivity index (χ3v) is 3.04. The number of hydrogen-bond donors (Lipinski definition) is 2. The molecular weight excluding hydrogens is 252 g/mol. The number of H-pyrrole nitrogens is 1. The van der Waals surface area contributed by atoms with Crippen LogP contribution in [0.5, 0.6) is 5.75 Å². The first-order valence-corrected chi connectivity index (χ1v) is 5.99. The van der Waals surface area contributed by atoms with Crippen molar-refractivity contribution in [2.45, 2.75) is 13.3 Å². The van der Waals surface area contributed by atoms with E-state index in [1.807, 2.05) is 19.1 Å². The number of hydrogen-bond acceptors (Lipinski definition) is 4. The van der Waals surface area contributed by atoms with Crippen LogP contribution in [0.1, 0.15) is 11.4 Å². The Hall–Kier alpha value is -1.59. The number of nitrogens with zero attached hydrogens (tertiary/aromatic N) is 2. The first-order chi connectivity index (χ1) is 8.65. The number of rotatable bonds is 4. The van der Waals surface area contributed by atoms with E-state index in [4.69, 9.17) is 22.1 Å². The van der Waals surface area contributed by atoms with Crippen molar-refractivity contribution < 1.29 is 4.74 Å². The summed E-state index contributed by atoms with van der Waals surface area (Å²) < 4.78 is 5.33. The lowest BCUT2D eigenvalue weighted by atomic mass is 10.1. The lowest BCUT2D eigenvalue weighted by molar-refractivity contribution is 0.416. The van der Waals surface area contributed by atoms with E-state index < -0.39 is 0 Å². The van der Waals surface area contributed by atoms with Gasteiger partial charge in [0.2, 0.25) is 0 Å². The largest absolute Gasteiger partial charge is 0.496 e. The predicted octanol–water partition coefficient (Wildman–Crippen LogP) is 1.94. The number of methoxy groups -OCH3 is 1. The number of ether oxygens (including phenoxy) is 1. The Bertz CT molecular complexity index is 553. The van der Waals surface area contributed by atoms with Gasteiger partial charge in [0.25, 0.3) is 0 Å². The molecule has 0 bridgehead atoms. The first-order valence-electron chi connectivity index (χ1n) is 5.61. The Kier molecular flexibility index (Phi) is 3.84. The molecule has 0 radical (unpaired) electrons. The molecule has 0 aliphatic carbocycles. The molecule has 18 heavy (non-hydrogen) atoms. The molecule has 2 aromatic rings. The third kappa shape index (κ3) is 2.47. The van der Waals surface area contributed by atoms with Crippen LogP contribution >= 0.6 is 11.6 Å². The zero-order chi connectivity index (χ0) is 13.1. The van der Waals surface area contributed by atoms with Crippen LogP contribution in [-0.4, -0.2) is 28.8 Å². The van der Waals surface area contributed by atoms with E-state index >= 15 is 0 Å². The summed E-state index contributed by atoms with van der Waals surface area (Å²) in [6.45, 7) is 2.45. The van der Waals surface area contributed by atoms with Crippen LogP contribution in [0.2, 0.25) is 5.02 Å². The number of benzene rings is 1. The van der Waals surface area contributed by atoms with Crippen molar-refractivity contribution in [3.05, 3.63) is 28.5 Å². The minimum atomic E-state index is 0.528. The van der Waals surface area contributed by atoms with Gasteiger partial charge >= 0.3 is 0 Å². The van der Waals surface area contributed by atoms with E-state index in [9.17, 15) is 0 Å². The molecule has 0 saturated heterocycles. The van der Waals surface area contributed by atoms with Gasteiger partial charge in [-0.25, -0.2) is 4.98 Å². The maximum absolute atomic E-state index is 6.12. The second-order valence-corrected chi connectivity index (χ2v) is 4.35. The van der Waals surface area contributed by atoms with Crippen LogP contribution in [0.25, 0.3) is 11.4 Å². The molecule has 1 aromatic carbocycles. The molecule has 0 fully saturated rings. The molecule has 0 saturated carbocycles. The monoisotopic (exact) mass is 266 g/mol. The minimum Gasteiger partial charge on any atom is -0.496 e. The Labute approximate surface area is 110 Å². The molecule has 5 nitrogen and oxygen atoms in total. The van der Waals surface area contributed by atoms with Gasteiger partial charge < -0.3 is 10.5 Å². The van der Waals surface area contributed by atoms with Crippen molar-refractivity contribution in [2.75, 3.05) is 13.7 Å². The maximum Gasteiger partial charge on any atom is 0.184 e. The topological polar surface area (TPSA) is 76.8 Å². The van der Waals surface area contributed by atoms with E-state index in [-0.39, 0.29) is 0 Å². The highest BCUT2D eigenvalue weighted by atomic mass is 35.5. The average molecular weight is 267 g/mol. The standard InChI is InChI=1S/C12H15ClN4O/c1-7-5-10(18-2)8(6-9(7)13)12-15-11(3-4-14)16-17-12/h5-6H,3-4,14H2,1-2H3,(H,15,16,17). The molecular formula is C12H15ClN4O. The smallest absolute Gasteiger partial charge is 0.184 e. The van der Waals surface area contributed by atoms with E-state index in [0.29, 0.717) is 29.6 Å². The number of halogens is 1. The number of aromatic nitrogens is 3. The average Bonchev–Trinajstić information content (AvgIpc) is 2.81. The van der Waals surface area contributed by atoms with Crippen molar-refractivity contribution in [3.63, 3.8) is 0 Å². The van der Waals surface area contributed by atoms with Crippen molar-refractivity contribution >= 4 is 11.6 Å². The molecule has 96 valence electrons. The molecule has 0 amide bonds. The second-order valence-electron chi connectivity index (χ2n) is 3.95. The zero-order valence-corrected chi connectivity index (χ0v) is 11.1. The quantitative estimate of drug-likeness (QED) is 0.887. The van der Waals surface area contributed by atoms with Gasteiger partial charge in [-0.1, -0.05) is 11.6 Å². The van der Waals surface area contributed by atoms with Gasteiger partial charge in [-0.2, -0.15) is 5.10 Å². The Morgan fingerprint density at radius 2 is 2.22 bits per heavy atom. The lowest BCUT2D eigenvalue weighted by Crippen LogP contribution is -2.03. The fourth-order valence-corrected chi connectivity index (χ4v) is 1.83. The summed E-state index contributed by atoms with van der Waals surface area (Å²) in [7, 11) is 1.61. The SMILES string of the molecule is COc1cc(C)c(Cl)cc1-c1n[nH]c(CCN)n1. The van der Waals surface area contributed by atoms with Crippen molar-refractivity contribution in [3.8, 4) is 17.1 Å². The fraction of sp³-hybridized carbons (Fsp3) is 0.333. The predicted molar refractivity (Wildman–Crippen MR) is 70.9 cm³/mol. The maximum atomic E-state index is 6.12. The van der Waals surface area contributed by atoms with E-state index in [1.165, 1.54) is 0 Å². The highest BCUT2D eigenvalue weighted by Crippen LogP contribution is 2.32. The van der Waals surface area contributed by atoms with Crippen LogP contribution in [0, 0.1) is 6.92 Å². The third-order valence-electron chi connectivity index (χ3n) is 2.63. The van der Waals surface area contributed by atoms with E-state index in [1.54, 1.807) is 7.11 Å². The molecule has 0 aliphatic heterocycles. The van der Waals surface area contributed by atoms with Gasteiger partial charge in [0.15, 0.2) is 5.82 Å². The van der Waals surface area contributed by atoms with E-state index in [0.717, 1.165) is 17.0 Å². The molecule has 0 unspecified atom stereocenters. The fourth-order valence-electron chi connectivity index (χ4n) is 1.66. The Balaban J connectivity index is 2.45. The highest BCUT2D eigenvalue weighted by molar-refractivity contribution is 6.31. The van der Waals surface area contributed by atoms with Crippen LogP contribution in [0.3, 0.4) is 0 Å². The lowest BCUT2D eigenvalue weighted by Gasteiger charge is -2.08. The summed E-state index contributed by atoms with van der Waals surface area (Å²) in [4.78, 5) is 4.36. The summed E-state index contributed by atoms with van der Waals surface area (Å²) in [5.74, 6) is 2.03. The molecule has 0 spiro atoms. The van der Waals surface area contributed by atoms with Gasteiger partial charge in [-0.15, -0.1) is 0 Å². The normalized spacial score (nSPS) is 10.7. The van der Waals surface area contributed by atoms with Gasteiger partial charge in [0.05, 0.1) is 12.7 Å². The summed E-state index contributed by atoms with van der Waals surface area (Å²) >= 11 is 6.12. The van der Waals surface area contributed by atoms with Crippen LogP contribution in [0.15, 0.2) is 12.1 Å². The molecule has 6 heteroatoms. The summed E-state index contributed by atoms with van der Waals surface area (Å²) in [5.41, 5.74) is 7.20. The van der Waals surface area contributed by atoms with Crippen molar-refractivity contribution in [1.29, 1.82) is 0 Å². The molecule has 2 rings (SSSR count). The molecule has 0 atom stereocenters. The summed E-state index contributed by atoms with van der Waals surface area (Å²) in [6.07, 6.45) is 0.662. The molecule has 3 N–H and O–H groups in total. The molecule has 0 aliphatic rings. The number of nitrogens with one attached hydrogen (secondary N) is 1. The van der Waals surface area contributed by atoms with Crippen molar-refractivity contribution in [1.82, 2.24) is 15.2 Å². The zero-order valence-electron chi connectivity index (χ0n) is 10.3. The van der Waals surface area contributed by atoms with Crippen LogP contribution in [-0.2, 0) is 6.42 Å². The molecule has 1 heterocycles. The first kappa shape index (κ1) is 12.9. The second kappa shape index (κ2) is 5.37. The van der Waals surface area contributed by atoms with Gasteiger partial charge in [-0.05, 0) is 31.2 Å². The van der Waals surface area contributed by atoms with Crippen LogP contribution in [0.4, 0.5) is 0 Å². The summed E-state index contributed by atoms with van der Waals surface area (Å²) in [5, 5.41) is 7.67. The van der Waals surface area contributed by atoms with E-state index in [2.05, 4.69) is 15.2 Å². The highest BCUT2D eigenvalue weighted by Gasteiger charge is 2.13. The van der Waals surface area contributed by atoms with Gasteiger partial charge in [-0.3, -0.25) is 5.10 Å².